The number of aryl methyl sites for hydroxylation is 2. The van der Waals surface area contributed by atoms with Crippen LogP contribution in [0.15, 0.2) is 48.7 Å². The minimum absolute atomic E-state index is 0.0952. The number of rotatable bonds is 9. The lowest BCUT2D eigenvalue weighted by Gasteiger charge is -2.25. The normalized spacial score (nSPS) is 19.5. The first-order chi connectivity index (χ1) is 24.8. The first kappa shape index (κ1) is 34.6. The zero-order valence-corrected chi connectivity index (χ0v) is 31.4. The molecule has 5 heterocycles. The molecule has 2 fully saturated rings. The van der Waals surface area contributed by atoms with Crippen molar-refractivity contribution in [1.29, 1.82) is 0 Å². The molecule has 2 aromatic carbocycles. The molecule has 11 nitrogen and oxygen atoms in total. The summed E-state index contributed by atoms with van der Waals surface area (Å²) in [6.45, 7) is 7.33. The number of hydrogen-bond acceptors (Lipinski definition) is 6. The first-order valence-electron chi connectivity index (χ1n) is 17.8. The van der Waals surface area contributed by atoms with Gasteiger partial charge in [0, 0.05) is 60.4 Å². The van der Waals surface area contributed by atoms with Crippen LogP contribution in [0.2, 0.25) is 5.02 Å². The Bertz CT molecular complexity index is 2540. The highest BCUT2D eigenvalue weighted by Crippen LogP contribution is 2.41. The summed E-state index contributed by atoms with van der Waals surface area (Å²) in [7, 11) is -1.83. The summed E-state index contributed by atoms with van der Waals surface area (Å²) >= 11 is 6.62. The monoisotopic (exact) mass is 744 g/mol. The van der Waals surface area contributed by atoms with Gasteiger partial charge < -0.3 is 15.2 Å². The van der Waals surface area contributed by atoms with Crippen LogP contribution < -0.4 is 10.5 Å². The number of carbonyl (C=O) groups is 1. The zero-order valence-electron chi connectivity index (χ0n) is 29.8. The second-order valence-corrected chi connectivity index (χ2v) is 16.7. The van der Waals surface area contributed by atoms with Crippen molar-refractivity contribution in [3.8, 4) is 22.5 Å². The van der Waals surface area contributed by atoms with Crippen LogP contribution in [-0.4, -0.2) is 68.1 Å². The molecular formula is C38H42ClFN8O3S. The maximum absolute atomic E-state index is 16.0. The number of nitrogens with two attached hydrogens (primary N) is 1. The number of hydrogen-bond donors (Lipinski definition) is 2. The highest BCUT2D eigenvalue weighted by atomic mass is 35.5. The minimum Gasteiger partial charge on any atom is -0.339 e. The topological polar surface area (TPSA) is 133 Å². The van der Waals surface area contributed by atoms with E-state index in [0.29, 0.717) is 45.2 Å². The average molecular weight is 745 g/mol. The summed E-state index contributed by atoms with van der Waals surface area (Å²) < 4.78 is 48.2. The molecule has 8 rings (SSSR count). The van der Waals surface area contributed by atoms with Gasteiger partial charge in [0.2, 0.25) is 10.0 Å². The number of fused-ring (bicyclic) bond motifs is 3. The predicted octanol–water partition coefficient (Wildman–Crippen LogP) is 6.98. The lowest BCUT2D eigenvalue weighted by atomic mass is 9.96. The fourth-order valence-electron chi connectivity index (χ4n) is 8.19. The van der Waals surface area contributed by atoms with Gasteiger partial charge in [-0.15, -0.1) is 0 Å². The van der Waals surface area contributed by atoms with Gasteiger partial charge in [0.25, 0.3) is 5.91 Å². The van der Waals surface area contributed by atoms with E-state index in [1.807, 2.05) is 30.9 Å². The molecule has 14 heteroatoms. The number of benzene rings is 2. The van der Waals surface area contributed by atoms with E-state index < -0.39 is 15.8 Å². The van der Waals surface area contributed by atoms with Crippen molar-refractivity contribution in [2.75, 3.05) is 17.5 Å². The summed E-state index contributed by atoms with van der Waals surface area (Å²) in [6, 6.07) is 13.1. The fourth-order valence-corrected chi connectivity index (χ4v) is 8.93. The smallest absolute Gasteiger partial charge is 0.255 e. The molecular weight excluding hydrogens is 703 g/mol. The number of amides is 1. The average Bonchev–Trinajstić information content (AvgIpc) is 3.48. The summed E-state index contributed by atoms with van der Waals surface area (Å²) in [5, 5.41) is 11.3. The molecule has 4 aromatic heterocycles. The van der Waals surface area contributed by atoms with Gasteiger partial charge in [-0.25, -0.2) is 17.3 Å². The molecule has 3 atom stereocenters. The van der Waals surface area contributed by atoms with E-state index in [0.717, 1.165) is 66.2 Å². The van der Waals surface area contributed by atoms with Crippen molar-refractivity contribution < 1.29 is 17.6 Å². The number of sulfonamides is 1. The lowest BCUT2D eigenvalue weighted by Crippen LogP contribution is -2.42. The molecule has 2 unspecified atom stereocenters. The van der Waals surface area contributed by atoms with Crippen LogP contribution in [0.5, 0.6) is 0 Å². The molecule has 1 saturated heterocycles. The highest BCUT2D eigenvalue weighted by molar-refractivity contribution is 7.92. The molecule has 0 spiro atoms. The number of pyridine rings is 1. The Hall–Kier alpha value is -4.46. The molecule has 2 aliphatic rings. The SMILES string of the molecule is CCC1CN(C(=O)c2cc(F)c3c(C)c(-c4cc5ccc(-c6ccc(Cl)c7c(NS(C)(=O)=O)nn(C)c67)cc5n4CC4CC4)nn3c2)C(CC)[C@@H]1N. The van der Waals surface area contributed by atoms with Crippen molar-refractivity contribution in [2.45, 2.75) is 65.1 Å². The van der Waals surface area contributed by atoms with Gasteiger partial charge in [0.15, 0.2) is 5.82 Å². The number of halogens is 2. The fraction of sp³-hybridized carbons (Fsp3) is 0.395. The number of nitrogens with zero attached hydrogens (tertiary/aromatic N) is 6. The van der Waals surface area contributed by atoms with Gasteiger partial charge in [-0.3, -0.25) is 14.2 Å². The molecule has 1 aliphatic carbocycles. The quantitative estimate of drug-likeness (QED) is 0.164. The summed E-state index contributed by atoms with van der Waals surface area (Å²) in [6.07, 6.45) is 6.60. The Morgan fingerprint density at radius 3 is 2.54 bits per heavy atom. The zero-order chi connectivity index (χ0) is 36.8. The predicted molar refractivity (Wildman–Crippen MR) is 204 cm³/mol. The van der Waals surface area contributed by atoms with Crippen LogP contribution in [0.1, 0.15) is 55.5 Å². The van der Waals surface area contributed by atoms with E-state index in [1.54, 1.807) is 24.0 Å². The molecule has 0 radical (unpaired) electrons. The number of likely N-dealkylation sites (tertiary alicyclic amines) is 1. The third-order valence-corrected chi connectivity index (χ3v) is 11.9. The Kier molecular flexibility index (Phi) is 8.38. The second-order valence-electron chi connectivity index (χ2n) is 14.5. The summed E-state index contributed by atoms with van der Waals surface area (Å²) in [4.78, 5) is 15.6. The molecule has 52 heavy (non-hydrogen) atoms. The maximum Gasteiger partial charge on any atom is 0.255 e. The van der Waals surface area contributed by atoms with E-state index in [4.69, 9.17) is 22.4 Å². The Labute approximate surface area is 306 Å². The van der Waals surface area contributed by atoms with E-state index in [9.17, 15) is 13.2 Å². The summed E-state index contributed by atoms with van der Waals surface area (Å²) in [5.74, 6) is 0.175. The van der Waals surface area contributed by atoms with Gasteiger partial charge in [0.05, 0.1) is 33.4 Å². The van der Waals surface area contributed by atoms with Gasteiger partial charge in [-0.2, -0.15) is 10.2 Å². The van der Waals surface area contributed by atoms with Crippen LogP contribution in [0.4, 0.5) is 10.2 Å². The molecule has 0 bridgehead atoms. The van der Waals surface area contributed by atoms with Crippen LogP contribution in [0, 0.1) is 24.6 Å². The molecule has 1 saturated carbocycles. The maximum atomic E-state index is 16.0. The van der Waals surface area contributed by atoms with Gasteiger partial charge in [-0.05, 0) is 67.9 Å². The second kappa shape index (κ2) is 12.6. The third-order valence-electron chi connectivity index (χ3n) is 11.0. The van der Waals surface area contributed by atoms with Crippen LogP contribution in [0.3, 0.4) is 0 Å². The molecule has 1 amide bonds. The van der Waals surface area contributed by atoms with Crippen molar-refractivity contribution in [1.82, 2.24) is 28.9 Å². The lowest BCUT2D eigenvalue weighted by molar-refractivity contribution is 0.0723. The summed E-state index contributed by atoms with van der Waals surface area (Å²) in [5.41, 5.74) is 12.8. The van der Waals surface area contributed by atoms with Gasteiger partial charge >= 0.3 is 0 Å². The number of carbonyl (C=O) groups excluding carboxylic acids is 1. The van der Waals surface area contributed by atoms with E-state index in [2.05, 4.69) is 39.5 Å². The van der Waals surface area contributed by atoms with E-state index in [-0.39, 0.29) is 35.3 Å². The minimum atomic E-state index is -3.59. The third kappa shape index (κ3) is 5.73. The van der Waals surface area contributed by atoms with Crippen LogP contribution in [0.25, 0.3) is 49.8 Å². The Balaban J connectivity index is 1.23. The molecule has 6 aromatic rings. The van der Waals surface area contributed by atoms with Gasteiger partial charge in [0.1, 0.15) is 17.0 Å². The standard InChI is InChI=1S/C38H42ClFN8O3S/c1-6-22-18-47(29(7-2)33(22)41)38(49)25-14-28(40)35-20(3)34(42-48(35)19-25)31-16-24-11-10-23(15-30(24)46(31)17-21-8-9-21)26-12-13-27(39)32-36(26)45(4)43-37(32)44-52(5,50)51/h10-16,19,21-22,29,33H,6-9,17-18,41H2,1-5H3,(H,43,44)/t22?,29?,33-/m1/s1. The van der Waals surface area contributed by atoms with E-state index >= 15 is 4.39 Å². The molecule has 272 valence electrons. The number of aromatic nitrogens is 5. The van der Waals surface area contributed by atoms with Crippen molar-refractivity contribution >= 4 is 60.7 Å². The first-order valence-corrected chi connectivity index (χ1v) is 20.1. The van der Waals surface area contributed by atoms with Crippen molar-refractivity contribution in [3.05, 3.63) is 70.6 Å². The van der Waals surface area contributed by atoms with Crippen molar-refractivity contribution in [3.63, 3.8) is 0 Å². The molecule has 1 aliphatic heterocycles. The van der Waals surface area contributed by atoms with Gasteiger partial charge in [-0.1, -0.05) is 50.1 Å². The largest absolute Gasteiger partial charge is 0.339 e. The van der Waals surface area contributed by atoms with Crippen LogP contribution in [-0.2, 0) is 23.6 Å². The highest BCUT2D eigenvalue weighted by Gasteiger charge is 2.40. The number of anilines is 1. The Morgan fingerprint density at radius 2 is 1.85 bits per heavy atom. The Morgan fingerprint density at radius 1 is 1.08 bits per heavy atom. The van der Waals surface area contributed by atoms with E-state index in [1.165, 1.54) is 10.6 Å². The molecule has 3 N–H and O–H groups in total. The van der Waals surface area contributed by atoms with Crippen molar-refractivity contribution in [2.24, 2.45) is 24.6 Å². The van der Waals surface area contributed by atoms with Crippen LogP contribution >= 0.6 is 11.6 Å². The number of nitrogens with one attached hydrogen (secondary N) is 1.